The number of nitrogens with zero attached hydrogens (tertiary/aromatic N) is 1. The quantitative estimate of drug-likeness (QED) is 0.325. The topological polar surface area (TPSA) is 67.6 Å². The maximum Gasteiger partial charge on any atom is 0.234 e. The predicted molar refractivity (Wildman–Crippen MR) is 77.1 cm³/mol. The zero-order chi connectivity index (χ0) is 14.1. The number of hydrogen-bond donors (Lipinski definition) is 2. The zero-order valence-corrected chi connectivity index (χ0v) is 11.7. The van der Waals surface area contributed by atoms with Crippen molar-refractivity contribution < 1.29 is 9.53 Å². The smallest absolute Gasteiger partial charge is 0.234 e. The molecule has 0 fully saturated rings. The summed E-state index contributed by atoms with van der Waals surface area (Å²) in [7, 11) is 0. The number of hydrogen-bond acceptors (Lipinski definition) is 4. The van der Waals surface area contributed by atoms with Crippen molar-refractivity contribution in [3.8, 4) is 5.75 Å². The van der Waals surface area contributed by atoms with Crippen LogP contribution >= 0.6 is 0 Å². The second-order valence-corrected chi connectivity index (χ2v) is 4.19. The Hall–Kier alpha value is -1.75. The molecule has 0 bridgehead atoms. The van der Waals surface area contributed by atoms with Crippen LogP contribution in [0.2, 0.25) is 0 Å². The number of carbonyl (C=O) groups excluding carboxylic acids is 1. The molecule has 0 radical (unpaired) electrons. The summed E-state index contributed by atoms with van der Waals surface area (Å²) in [5, 5.41) is 0. The lowest BCUT2D eigenvalue weighted by atomic mass is 10.2. The highest BCUT2D eigenvalue weighted by atomic mass is 16.5. The summed E-state index contributed by atoms with van der Waals surface area (Å²) in [5.74, 6) is 5.67. The molecule has 0 aliphatic heterocycles. The summed E-state index contributed by atoms with van der Waals surface area (Å²) in [4.78, 5) is 13.2. The molecule has 5 heteroatoms. The lowest BCUT2D eigenvalue weighted by Crippen LogP contribution is -2.29. The molecule has 106 valence electrons. The Morgan fingerprint density at radius 2 is 2.11 bits per heavy atom. The van der Waals surface area contributed by atoms with E-state index < -0.39 is 0 Å². The van der Waals surface area contributed by atoms with Crippen LogP contribution in [0, 0.1) is 0 Å². The highest BCUT2D eigenvalue weighted by molar-refractivity contribution is 5.75. The molecule has 0 aliphatic carbocycles. The minimum atomic E-state index is -0.166. The van der Waals surface area contributed by atoms with E-state index in [9.17, 15) is 4.79 Å². The molecule has 19 heavy (non-hydrogen) atoms. The lowest BCUT2D eigenvalue weighted by Gasteiger charge is -2.21. The lowest BCUT2D eigenvalue weighted by molar-refractivity contribution is -0.121. The SMILES string of the molecule is CCN(CC)c1cccc(OCCCC(=O)NN)c1. The van der Waals surface area contributed by atoms with Crippen molar-refractivity contribution >= 4 is 11.6 Å². The van der Waals surface area contributed by atoms with Crippen LogP contribution in [0.3, 0.4) is 0 Å². The summed E-state index contributed by atoms with van der Waals surface area (Å²) in [6.45, 7) is 6.70. The second-order valence-electron chi connectivity index (χ2n) is 4.19. The number of benzene rings is 1. The van der Waals surface area contributed by atoms with E-state index in [1.54, 1.807) is 0 Å². The fourth-order valence-electron chi connectivity index (χ4n) is 1.85. The highest BCUT2D eigenvalue weighted by Gasteiger charge is 2.03. The molecule has 1 aromatic carbocycles. The molecule has 0 unspecified atom stereocenters. The van der Waals surface area contributed by atoms with E-state index in [4.69, 9.17) is 10.6 Å². The summed E-state index contributed by atoms with van der Waals surface area (Å²) in [6, 6.07) is 8.00. The van der Waals surface area contributed by atoms with Crippen LogP contribution in [0.4, 0.5) is 5.69 Å². The van der Waals surface area contributed by atoms with Gasteiger partial charge in [-0.1, -0.05) is 6.07 Å². The predicted octanol–water partition coefficient (Wildman–Crippen LogP) is 1.68. The van der Waals surface area contributed by atoms with Gasteiger partial charge < -0.3 is 9.64 Å². The van der Waals surface area contributed by atoms with Gasteiger partial charge in [0.2, 0.25) is 5.91 Å². The summed E-state index contributed by atoms with van der Waals surface area (Å²) >= 11 is 0. The van der Waals surface area contributed by atoms with E-state index in [-0.39, 0.29) is 5.91 Å². The van der Waals surface area contributed by atoms with E-state index in [0.717, 1.165) is 24.5 Å². The van der Waals surface area contributed by atoms with Gasteiger partial charge in [0.1, 0.15) is 5.75 Å². The Morgan fingerprint density at radius 3 is 2.74 bits per heavy atom. The zero-order valence-electron chi connectivity index (χ0n) is 11.7. The van der Waals surface area contributed by atoms with Crippen LogP contribution in [0.25, 0.3) is 0 Å². The third kappa shape index (κ3) is 5.18. The van der Waals surface area contributed by atoms with Gasteiger partial charge in [0.25, 0.3) is 0 Å². The number of anilines is 1. The first kappa shape index (κ1) is 15.3. The Bertz CT molecular complexity index is 392. The Kier molecular flexibility index (Phi) is 6.74. The van der Waals surface area contributed by atoms with E-state index in [1.165, 1.54) is 0 Å². The van der Waals surface area contributed by atoms with Crippen LogP contribution in [0.15, 0.2) is 24.3 Å². The second kappa shape index (κ2) is 8.37. The Balaban J connectivity index is 2.46. The number of ether oxygens (including phenoxy) is 1. The average molecular weight is 265 g/mol. The van der Waals surface area contributed by atoms with E-state index >= 15 is 0 Å². The Morgan fingerprint density at radius 1 is 1.37 bits per heavy atom. The van der Waals surface area contributed by atoms with E-state index in [2.05, 4.69) is 30.2 Å². The number of nitrogens with two attached hydrogens (primary N) is 1. The third-order valence-corrected chi connectivity index (χ3v) is 2.92. The number of carbonyl (C=O) groups is 1. The first-order valence-corrected chi connectivity index (χ1v) is 6.68. The molecular weight excluding hydrogens is 242 g/mol. The fraction of sp³-hybridized carbons (Fsp3) is 0.500. The van der Waals surface area contributed by atoms with Crippen molar-refractivity contribution in [3.63, 3.8) is 0 Å². The number of nitrogens with one attached hydrogen (secondary N) is 1. The van der Waals surface area contributed by atoms with Crippen LogP contribution in [0.1, 0.15) is 26.7 Å². The molecule has 5 nitrogen and oxygen atoms in total. The molecule has 3 N–H and O–H groups in total. The van der Waals surface area contributed by atoms with Crippen LogP contribution < -0.4 is 20.9 Å². The van der Waals surface area contributed by atoms with Crippen molar-refractivity contribution in [3.05, 3.63) is 24.3 Å². The maximum absolute atomic E-state index is 10.9. The van der Waals surface area contributed by atoms with Gasteiger partial charge >= 0.3 is 0 Å². The van der Waals surface area contributed by atoms with Crippen molar-refractivity contribution in [2.45, 2.75) is 26.7 Å². The normalized spacial score (nSPS) is 10.1. The minimum Gasteiger partial charge on any atom is -0.494 e. The Labute approximate surface area is 114 Å². The van der Waals surface area contributed by atoms with E-state index in [1.807, 2.05) is 18.2 Å². The molecule has 0 aliphatic rings. The fourth-order valence-corrected chi connectivity index (χ4v) is 1.85. The first-order chi connectivity index (χ1) is 9.21. The number of amides is 1. The van der Waals surface area contributed by atoms with Gasteiger partial charge in [-0.2, -0.15) is 0 Å². The molecule has 0 atom stereocenters. The summed E-state index contributed by atoms with van der Waals surface area (Å²) < 4.78 is 5.63. The van der Waals surface area contributed by atoms with Crippen LogP contribution in [-0.2, 0) is 4.79 Å². The minimum absolute atomic E-state index is 0.166. The summed E-state index contributed by atoms with van der Waals surface area (Å²) in [5.41, 5.74) is 3.26. The van der Waals surface area contributed by atoms with Gasteiger partial charge in [-0.25, -0.2) is 5.84 Å². The van der Waals surface area contributed by atoms with Gasteiger partial charge in [-0.05, 0) is 32.4 Å². The summed E-state index contributed by atoms with van der Waals surface area (Å²) in [6.07, 6.45) is 1.03. The maximum atomic E-state index is 10.9. The van der Waals surface area contributed by atoms with Gasteiger partial charge in [-0.15, -0.1) is 0 Å². The average Bonchev–Trinajstić information content (AvgIpc) is 2.45. The molecule has 0 aromatic heterocycles. The van der Waals surface area contributed by atoms with Gasteiger partial charge in [0.05, 0.1) is 6.61 Å². The molecule has 0 saturated heterocycles. The van der Waals surface area contributed by atoms with E-state index in [0.29, 0.717) is 19.4 Å². The van der Waals surface area contributed by atoms with Gasteiger partial charge in [0, 0.05) is 31.3 Å². The molecular formula is C14H23N3O2. The van der Waals surface area contributed by atoms with Crippen LogP contribution in [0.5, 0.6) is 5.75 Å². The highest BCUT2D eigenvalue weighted by Crippen LogP contribution is 2.21. The molecule has 0 heterocycles. The molecule has 0 saturated carbocycles. The monoisotopic (exact) mass is 265 g/mol. The molecule has 1 amide bonds. The van der Waals surface area contributed by atoms with Crippen molar-refractivity contribution in [1.82, 2.24) is 5.43 Å². The van der Waals surface area contributed by atoms with Crippen molar-refractivity contribution in [2.24, 2.45) is 5.84 Å². The van der Waals surface area contributed by atoms with Crippen LogP contribution in [-0.4, -0.2) is 25.6 Å². The van der Waals surface area contributed by atoms with Crippen molar-refractivity contribution in [1.29, 1.82) is 0 Å². The van der Waals surface area contributed by atoms with Gasteiger partial charge in [-0.3, -0.25) is 10.2 Å². The molecule has 0 spiro atoms. The molecule has 1 rings (SSSR count). The standard InChI is InChI=1S/C14H23N3O2/c1-3-17(4-2)12-7-5-8-13(11-12)19-10-6-9-14(18)16-15/h5,7-8,11H,3-4,6,9-10,15H2,1-2H3,(H,16,18). The molecule has 1 aromatic rings. The number of rotatable bonds is 8. The van der Waals surface area contributed by atoms with Gasteiger partial charge in [0.15, 0.2) is 0 Å². The number of hydrazine groups is 1. The largest absolute Gasteiger partial charge is 0.494 e. The third-order valence-electron chi connectivity index (χ3n) is 2.92. The van der Waals surface area contributed by atoms with Crippen molar-refractivity contribution in [2.75, 3.05) is 24.6 Å². The first-order valence-electron chi connectivity index (χ1n) is 6.68.